The molecule has 2 aliphatic heterocycles. The molecule has 0 saturated carbocycles. The number of anilines is 2. The lowest BCUT2D eigenvalue weighted by Crippen LogP contribution is -2.61. The molecule has 3 atom stereocenters. The third-order valence-electron chi connectivity index (χ3n) is 7.45. The Kier molecular flexibility index (Phi) is 6.38. The van der Waals surface area contributed by atoms with Gasteiger partial charge in [0, 0.05) is 18.2 Å². The van der Waals surface area contributed by atoms with Crippen LogP contribution >= 0.6 is 0 Å². The van der Waals surface area contributed by atoms with E-state index in [1.54, 1.807) is 10.7 Å². The van der Waals surface area contributed by atoms with Gasteiger partial charge >= 0.3 is 0 Å². The van der Waals surface area contributed by atoms with Crippen molar-refractivity contribution in [1.82, 2.24) is 25.8 Å². The number of carbonyl (C=O) groups excluding carboxylic acids is 2. The van der Waals surface area contributed by atoms with Crippen LogP contribution in [0.5, 0.6) is 0 Å². The molecule has 0 bridgehead atoms. The maximum Gasteiger partial charge on any atom is 0.256 e. The lowest BCUT2D eigenvalue weighted by Gasteiger charge is -2.37. The van der Waals surface area contributed by atoms with Crippen LogP contribution in [0.1, 0.15) is 33.5 Å². The monoisotopic (exact) mass is 521 g/mol. The van der Waals surface area contributed by atoms with Crippen LogP contribution in [0.15, 0.2) is 78.9 Å². The molecule has 4 aromatic rings. The normalized spacial score (nSPS) is 20.4. The number of aryl methyl sites for hydroxylation is 3. The van der Waals surface area contributed by atoms with Crippen molar-refractivity contribution in [3.63, 3.8) is 0 Å². The number of amides is 2. The minimum Gasteiger partial charge on any atom is -0.321 e. The molecule has 9 heteroatoms. The lowest BCUT2D eigenvalue weighted by atomic mass is 10.0. The van der Waals surface area contributed by atoms with Gasteiger partial charge in [-0.2, -0.15) is 5.10 Å². The van der Waals surface area contributed by atoms with Gasteiger partial charge in [-0.3, -0.25) is 19.9 Å². The fourth-order valence-electron chi connectivity index (χ4n) is 5.16. The first kappa shape index (κ1) is 24.8. The molecule has 3 aromatic carbocycles. The average Bonchev–Trinajstić information content (AvgIpc) is 3.54. The van der Waals surface area contributed by atoms with E-state index in [1.165, 1.54) is 11.1 Å². The van der Waals surface area contributed by atoms with Gasteiger partial charge in [0.2, 0.25) is 5.91 Å². The minimum absolute atomic E-state index is 0.0792. The quantitative estimate of drug-likeness (QED) is 0.318. The van der Waals surface area contributed by atoms with E-state index in [-0.39, 0.29) is 23.9 Å². The number of hydrogen-bond acceptors (Lipinski definition) is 6. The molecule has 39 heavy (non-hydrogen) atoms. The molecule has 0 radical (unpaired) electrons. The van der Waals surface area contributed by atoms with E-state index in [9.17, 15) is 9.59 Å². The van der Waals surface area contributed by atoms with Crippen LogP contribution < -0.4 is 26.4 Å². The Morgan fingerprint density at radius 1 is 0.923 bits per heavy atom. The summed E-state index contributed by atoms with van der Waals surface area (Å²) in [6.07, 6.45) is -0.929. The van der Waals surface area contributed by atoms with Crippen molar-refractivity contribution in [2.45, 2.75) is 33.2 Å². The molecule has 2 aliphatic rings. The van der Waals surface area contributed by atoms with Gasteiger partial charge in [0.05, 0.1) is 17.3 Å². The molecule has 3 unspecified atom stereocenters. The topological polar surface area (TPSA) is 103 Å². The fraction of sp³-hybridized carbons (Fsp3) is 0.233. The van der Waals surface area contributed by atoms with Crippen LogP contribution in [-0.4, -0.2) is 34.3 Å². The predicted octanol–water partition coefficient (Wildman–Crippen LogP) is 3.87. The molecule has 0 spiro atoms. The molecule has 2 amide bonds. The van der Waals surface area contributed by atoms with E-state index in [0.717, 1.165) is 22.5 Å². The zero-order valence-electron chi connectivity index (χ0n) is 22.1. The number of fused-ring (bicyclic) bond motifs is 1. The number of hydrogen-bond donors (Lipinski definition) is 4. The van der Waals surface area contributed by atoms with E-state index >= 15 is 0 Å². The second kappa shape index (κ2) is 10.0. The number of hydrazine groups is 1. The smallest absolute Gasteiger partial charge is 0.256 e. The highest BCUT2D eigenvalue weighted by Gasteiger charge is 2.45. The Labute approximate surface area is 227 Å². The maximum atomic E-state index is 13.2. The van der Waals surface area contributed by atoms with Gasteiger partial charge in [-0.1, -0.05) is 48.5 Å². The van der Waals surface area contributed by atoms with Gasteiger partial charge in [-0.25, -0.2) is 10.1 Å². The van der Waals surface area contributed by atoms with Gasteiger partial charge in [0.1, 0.15) is 12.0 Å². The van der Waals surface area contributed by atoms with Crippen LogP contribution in [0.2, 0.25) is 0 Å². The molecule has 3 heterocycles. The van der Waals surface area contributed by atoms with Crippen LogP contribution in [0.3, 0.4) is 0 Å². The van der Waals surface area contributed by atoms with Crippen molar-refractivity contribution in [1.29, 1.82) is 0 Å². The van der Waals surface area contributed by atoms with Gasteiger partial charge < -0.3 is 10.6 Å². The number of carbonyl (C=O) groups is 2. The second-order valence-corrected chi connectivity index (χ2v) is 10.1. The van der Waals surface area contributed by atoms with Crippen molar-refractivity contribution in [2.24, 2.45) is 5.92 Å². The highest BCUT2D eigenvalue weighted by molar-refractivity contribution is 6.04. The second-order valence-electron chi connectivity index (χ2n) is 10.1. The maximum absolute atomic E-state index is 13.2. The summed E-state index contributed by atoms with van der Waals surface area (Å²) in [5, 5.41) is 16.1. The van der Waals surface area contributed by atoms with Crippen molar-refractivity contribution < 1.29 is 9.59 Å². The number of aromatic nitrogens is 2. The van der Waals surface area contributed by atoms with Crippen LogP contribution in [0.25, 0.3) is 11.1 Å². The molecular weight excluding hydrogens is 490 g/mol. The number of rotatable bonds is 5. The van der Waals surface area contributed by atoms with Crippen molar-refractivity contribution in [3.05, 3.63) is 101 Å². The summed E-state index contributed by atoms with van der Waals surface area (Å²) in [7, 11) is 0. The molecule has 4 N–H and O–H groups in total. The largest absolute Gasteiger partial charge is 0.321 e. The highest BCUT2D eigenvalue weighted by atomic mass is 16.2. The third kappa shape index (κ3) is 4.78. The first-order chi connectivity index (χ1) is 18.9. The summed E-state index contributed by atoms with van der Waals surface area (Å²) in [4.78, 5) is 26.3. The summed E-state index contributed by atoms with van der Waals surface area (Å²) in [5.74, 6) is -0.121. The summed E-state index contributed by atoms with van der Waals surface area (Å²) in [6, 6.07) is 25.5. The Balaban J connectivity index is 1.22. The van der Waals surface area contributed by atoms with Gasteiger partial charge in [-0.15, -0.1) is 0 Å². The van der Waals surface area contributed by atoms with E-state index < -0.39 is 6.29 Å². The first-order valence-corrected chi connectivity index (χ1v) is 13.1. The molecule has 2 fully saturated rings. The summed E-state index contributed by atoms with van der Waals surface area (Å²) in [6.45, 7) is 6.53. The Bertz CT molecular complexity index is 1530. The zero-order valence-corrected chi connectivity index (χ0v) is 22.1. The van der Waals surface area contributed by atoms with Crippen molar-refractivity contribution in [2.75, 3.05) is 16.9 Å². The van der Waals surface area contributed by atoms with Gasteiger partial charge in [-0.05, 0) is 67.3 Å². The zero-order chi connectivity index (χ0) is 27.1. The number of benzene rings is 3. The summed E-state index contributed by atoms with van der Waals surface area (Å²) >= 11 is 0. The minimum atomic E-state index is -0.642. The van der Waals surface area contributed by atoms with Gasteiger partial charge in [0.25, 0.3) is 5.91 Å². The van der Waals surface area contributed by atoms with E-state index in [2.05, 4.69) is 52.5 Å². The van der Waals surface area contributed by atoms with Gasteiger partial charge in [0.15, 0.2) is 6.29 Å². The lowest BCUT2D eigenvalue weighted by molar-refractivity contribution is -0.129. The van der Waals surface area contributed by atoms with Crippen LogP contribution in [-0.2, 0) is 4.79 Å². The van der Waals surface area contributed by atoms with E-state index in [1.807, 2.05) is 72.6 Å². The summed E-state index contributed by atoms with van der Waals surface area (Å²) in [5.41, 5.74) is 10.1. The van der Waals surface area contributed by atoms with Crippen LogP contribution in [0, 0.1) is 26.7 Å². The average molecular weight is 522 g/mol. The van der Waals surface area contributed by atoms with Crippen molar-refractivity contribution in [3.8, 4) is 11.1 Å². The molecular formula is C30H31N7O2. The fourth-order valence-corrected chi connectivity index (χ4v) is 5.16. The van der Waals surface area contributed by atoms with Crippen molar-refractivity contribution >= 4 is 23.3 Å². The number of nitrogens with zero attached hydrogens (tertiary/aromatic N) is 3. The molecule has 198 valence electrons. The van der Waals surface area contributed by atoms with E-state index in [4.69, 9.17) is 0 Å². The highest BCUT2D eigenvalue weighted by Crippen LogP contribution is 2.29. The predicted molar refractivity (Wildman–Crippen MR) is 151 cm³/mol. The Morgan fingerprint density at radius 2 is 1.67 bits per heavy atom. The SMILES string of the molecule is Cc1cc(NC(=O)c2ccc(-c3ccccc3)cc2)n(C2NC(=O)C3CNN(c4ccc(C)c(C)c4)C3N2)n1. The number of nitrogens with one attached hydrogen (secondary N) is 4. The standard InChI is InChI=1S/C30H31N7O2/c1-18-9-14-24(15-19(18)2)36-27-25(17-31-36)29(39)34-30(33-27)37-26(16-20(3)35-37)32-28(38)23-12-10-22(11-13-23)21-7-5-4-6-8-21/h4-16,25,27,30-31,33H,17H2,1-3H3,(H,32,38)(H,34,39). The third-order valence-corrected chi connectivity index (χ3v) is 7.45. The molecule has 0 aliphatic carbocycles. The molecule has 6 rings (SSSR count). The Hall–Kier alpha value is -4.47. The first-order valence-electron chi connectivity index (χ1n) is 13.1. The van der Waals surface area contributed by atoms with Crippen LogP contribution in [0.4, 0.5) is 11.5 Å². The molecule has 1 aromatic heterocycles. The molecule has 9 nitrogen and oxygen atoms in total. The summed E-state index contributed by atoms with van der Waals surface area (Å²) < 4.78 is 1.62. The Morgan fingerprint density at radius 3 is 2.41 bits per heavy atom. The molecule has 2 saturated heterocycles. The van der Waals surface area contributed by atoms with E-state index in [0.29, 0.717) is 17.9 Å².